The Hall–Kier alpha value is -1.71. The van der Waals surface area contributed by atoms with E-state index in [0.717, 1.165) is 30.5 Å². The molecule has 0 saturated heterocycles. The molecule has 1 aliphatic rings. The van der Waals surface area contributed by atoms with E-state index in [0.29, 0.717) is 17.5 Å². The topological polar surface area (TPSA) is 55.6 Å². The largest absolute Gasteiger partial charge is 0.481 e. The number of hydrogen-bond donors (Lipinski definition) is 1. The maximum absolute atomic E-state index is 12.1. The molecule has 0 spiro atoms. The quantitative estimate of drug-likeness (QED) is 0.828. The van der Waals surface area contributed by atoms with E-state index in [2.05, 4.69) is 0 Å². The highest BCUT2D eigenvalue weighted by atomic mass is 16.5. The number of anilines is 1. The Bertz CT molecular complexity index is 458. The van der Waals surface area contributed by atoms with E-state index in [-0.39, 0.29) is 12.5 Å². The van der Waals surface area contributed by atoms with Gasteiger partial charge in [-0.3, -0.25) is 4.79 Å². The third-order valence-corrected chi connectivity index (χ3v) is 3.44. The number of hydrogen-bond acceptors (Lipinski definition) is 3. The lowest BCUT2D eigenvalue weighted by molar-refractivity contribution is -0.133. The average Bonchev–Trinajstić information content (AvgIpc) is 3.13. The van der Waals surface area contributed by atoms with E-state index < -0.39 is 0 Å². The predicted molar refractivity (Wildman–Crippen MR) is 76.2 cm³/mol. The van der Waals surface area contributed by atoms with Gasteiger partial charge in [0.1, 0.15) is 5.75 Å². The van der Waals surface area contributed by atoms with Crippen LogP contribution in [-0.2, 0) is 4.79 Å². The molecule has 0 atom stereocenters. The Morgan fingerprint density at radius 2 is 2.11 bits per heavy atom. The van der Waals surface area contributed by atoms with E-state index in [9.17, 15) is 4.79 Å². The van der Waals surface area contributed by atoms with Gasteiger partial charge in [0, 0.05) is 12.6 Å². The molecule has 0 aliphatic heterocycles. The molecule has 0 bridgehead atoms. The second-order valence-corrected chi connectivity index (χ2v) is 5.20. The average molecular weight is 262 g/mol. The number of aryl methyl sites for hydroxylation is 2. The zero-order valence-electron chi connectivity index (χ0n) is 11.9. The van der Waals surface area contributed by atoms with Gasteiger partial charge in [-0.1, -0.05) is 6.07 Å². The second kappa shape index (κ2) is 5.51. The van der Waals surface area contributed by atoms with Crippen LogP contribution >= 0.6 is 0 Å². The fourth-order valence-electron chi connectivity index (χ4n) is 2.43. The van der Waals surface area contributed by atoms with Crippen molar-refractivity contribution in [3.05, 3.63) is 23.3 Å². The molecule has 1 saturated carbocycles. The Morgan fingerprint density at radius 1 is 1.42 bits per heavy atom. The number of benzene rings is 1. The molecule has 2 N–H and O–H groups in total. The molecular formula is C15H22N2O2. The third-order valence-electron chi connectivity index (χ3n) is 3.44. The van der Waals surface area contributed by atoms with Crippen molar-refractivity contribution in [2.24, 2.45) is 0 Å². The standard InChI is InChI=1S/C15H22N2O2/c1-4-17(12-5-6-12)14(18)9-19-15-11(3)7-10(2)8-13(15)16/h7-8,12H,4-6,9,16H2,1-3H3. The van der Waals surface area contributed by atoms with Crippen molar-refractivity contribution in [2.45, 2.75) is 39.7 Å². The van der Waals surface area contributed by atoms with Gasteiger partial charge in [0.05, 0.1) is 5.69 Å². The Morgan fingerprint density at radius 3 is 2.63 bits per heavy atom. The van der Waals surface area contributed by atoms with Gasteiger partial charge in [-0.2, -0.15) is 0 Å². The van der Waals surface area contributed by atoms with Crippen LogP contribution in [0, 0.1) is 13.8 Å². The van der Waals surface area contributed by atoms with Gasteiger partial charge in [0.25, 0.3) is 5.91 Å². The van der Waals surface area contributed by atoms with Crippen molar-refractivity contribution in [1.29, 1.82) is 0 Å². The first-order chi connectivity index (χ1) is 9.02. The maximum atomic E-state index is 12.1. The van der Waals surface area contributed by atoms with Crippen molar-refractivity contribution < 1.29 is 9.53 Å². The minimum absolute atomic E-state index is 0.0457. The zero-order chi connectivity index (χ0) is 14.0. The van der Waals surface area contributed by atoms with Crippen molar-refractivity contribution >= 4 is 11.6 Å². The van der Waals surface area contributed by atoms with E-state index in [4.69, 9.17) is 10.5 Å². The lowest BCUT2D eigenvalue weighted by Crippen LogP contribution is -2.36. The Balaban J connectivity index is 2.00. The fraction of sp³-hybridized carbons (Fsp3) is 0.533. The molecule has 2 rings (SSSR count). The van der Waals surface area contributed by atoms with Gasteiger partial charge in [0.2, 0.25) is 0 Å². The second-order valence-electron chi connectivity index (χ2n) is 5.20. The Kier molecular flexibility index (Phi) is 3.98. The number of nitrogens with two attached hydrogens (primary N) is 1. The van der Waals surface area contributed by atoms with Crippen LogP contribution < -0.4 is 10.5 Å². The van der Waals surface area contributed by atoms with Crippen molar-refractivity contribution in [2.75, 3.05) is 18.9 Å². The van der Waals surface area contributed by atoms with E-state index in [1.54, 1.807) is 0 Å². The molecule has 1 amide bonds. The third kappa shape index (κ3) is 3.19. The highest BCUT2D eigenvalue weighted by Gasteiger charge is 2.31. The van der Waals surface area contributed by atoms with Gasteiger partial charge >= 0.3 is 0 Å². The van der Waals surface area contributed by atoms with E-state index in [1.807, 2.05) is 37.8 Å². The molecule has 0 unspecified atom stereocenters. The number of carbonyl (C=O) groups is 1. The molecule has 19 heavy (non-hydrogen) atoms. The summed E-state index contributed by atoms with van der Waals surface area (Å²) in [5, 5.41) is 0. The summed E-state index contributed by atoms with van der Waals surface area (Å²) >= 11 is 0. The number of nitrogens with zero attached hydrogens (tertiary/aromatic N) is 1. The molecule has 4 nitrogen and oxygen atoms in total. The molecule has 4 heteroatoms. The number of rotatable bonds is 5. The van der Waals surface area contributed by atoms with Crippen LogP contribution in [0.3, 0.4) is 0 Å². The van der Waals surface area contributed by atoms with Crippen LogP contribution in [0.2, 0.25) is 0 Å². The summed E-state index contributed by atoms with van der Waals surface area (Å²) < 4.78 is 5.63. The first kappa shape index (κ1) is 13.7. The minimum atomic E-state index is 0.0457. The number of carbonyl (C=O) groups excluding carboxylic acids is 1. The van der Waals surface area contributed by atoms with Crippen LogP contribution in [-0.4, -0.2) is 30.0 Å². The van der Waals surface area contributed by atoms with Crippen molar-refractivity contribution in [3.8, 4) is 5.75 Å². The molecule has 104 valence electrons. The van der Waals surface area contributed by atoms with Gasteiger partial charge < -0.3 is 15.4 Å². The van der Waals surface area contributed by atoms with Gasteiger partial charge in [-0.15, -0.1) is 0 Å². The van der Waals surface area contributed by atoms with Crippen LogP contribution in [0.4, 0.5) is 5.69 Å². The molecule has 1 aliphatic carbocycles. The molecule has 1 aromatic carbocycles. The summed E-state index contributed by atoms with van der Waals surface area (Å²) in [4.78, 5) is 14.0. The highest BCUT2D eigenvalue weighted by Crippen LogP contribution is 2.29. The van der Waals surface area contributed by atoms with Crippen LogP contribution in [0.5, 0.6) is 5.75 Å². The van der Waals surface area contributed by atoms with Gasteiger partial charge in [-0.05, 0) is 50.8 Å². The summed E-state index contributed by atoms with van der Waals surface area (Å²) in [5.74, 6) is 0.676. The van der Waals surface area contributed by atoms with Crippen LogP contribution in [0.15, 0.2) is 12.1 Å². The monoisotopic (exact) mass is 262 g/mol. The number of ether oxygens (including phenoxy) is 1. The first-order valence-electron chi connectivity index (χ1n) is 6.82. The molecule has 0 heterocycles. The lowest BCUT2D eigenvalue weighted by atomic mass is 10.1. The summed E-state index contributed by atoms with van der Waals surface area (Å²) in [6.07, 6.45) is 2.23. The lowest BCUT2D eigenvalue weighted by Gasteiger charge is -2.21. The number of amides is 1. The van der Waals surface area contributed by atoms with Crippen LogP contribution in [0.1, 0.15) is 30.9 Å². The normalized spacial score (nSPS) is 14.3. The van der Waals surface area contributed by atoms with E-state index >= 15 is 0 Å². The van der Waals surface area contributed by atoms with Gasteiger partial charge in [0.15, 0.2) is 6.61 Å². The summed E-state index contributed by atoms with van der Waals surface area (Å²) in [6.45, 7) is 6.75. The van der Waals surface area contributed by atoms with Crippen molar-refractivity contribution in [1.82, 2.24) is 4.90 Å². The van der Waals surface area contributed by atoms with Crippen LogP contribution in [0.25, 0.3) is 0 Å². The zero-order valence-corrected chi connectivity index (χ0v) is 11.9. The fourth-order valence-corrected chi connectivity index (χ4v) is 2.43. The predicted octanol–water partition coefficient (Wildman–Crippen LogP) is 2.28. The smallest absolute Gasteiger partial charge is 0.260 e. The van der Waals surface area contributed by atoms with E-state index in [1.165, 1.54) is 0 Å². The minimum Gasteiger partial charge on any atom is -0.481 e. The highest BCUT2D eigenvalue weighted by molar-refractivity contribution is 5.78. The first-order valence-corrected chi connectivity index (χ1v) is 6.82. The molecule has 1 aromatic rings. The summed E-state index contributed by atoms with van der Waals surface area (Å²) in [6, 6.07) is 4.30. The molecule has 1 fully saturated rings. The molecule has 0 radical (unpaired) electrons. The van der Waals surface area contributed by atoms with Crippen molar-refractivity contribution in [3.63, 3.8) is 0 Å². The Labute approximate surface area is 114 Å². The summed E-state index contributed by atoms with van der Waals surface area (Å²) in [7, 11) is 0. The SMILES string of the molecule is CCN(C(=O)COc1c(C)cc(C)cc1N)C1CC1. The van der Waals surface area contributed by atoms with Gasteiger partial charge in [-0.25, -0.2) is 0 Å². The number of likely N-dealkylation sites (N-methyl/N-ethyl adjacent to an activating group) is 1. The summed E-state index contributed by atoms with van der Waals surface area (Å²) in [5.41, 5.74) is 8.61. The molecular weight excluding hydrogens is 240 g/mol. The maximum Gasteiger partial charge on any atom is 0.260 e. The molecule has 0 aromatic heterocycles. The number of nitrogen functional groups attached to an aromatic ring is 1.